The molecule has 40 heavy (non-hydrogen) atoms. The van der Waals surface area contributed by atoms with Crippen molar-refractivity contribution in [1.82, 2.24) is 0 Å². The van der Waals surface area contributed by atoms with Gasteiger partial charge in [0.15, 0.2) is 11.9 Å². The number of rotatable bonds is 28. The van der Waals surface area contributed by atoms with Crippen molar-refractivity contribution in [2.24, 2.45) is 5.92 Å². The number of aliphatic hydroxyl groups excluding tert-OH is 1. The van der Waals surface area contributed by atoms with Crippen molar-refractivity contribution < 1.29 is 29.0 Å². The van der Waals surface area contributed by atoms with E-state index in [4.69, 9.17) is 9.47 Å². The molecule has 2 atom stereocenters. The number of esters is 2. The summed E-state index contributed by atoms with van der Waals surface area (Å²) in [5.74, 6) is 0.356. The van der Waals surface area contributed by atoms with Crippen LogP contribution in [0, 0.1) is 5.92 Å². The third-order valence-electron chi connectivity index (χ3n) is 7.26. The molecule has 0 aromatic rings. The van der Waals surface area contributed by atoms with Crippen LogP contribution < -0.4 is 0 Å². The maximum Gasteiger partial charge on any atom is 0.306 e. The minimum Gasteiger partial charge on any atom is -0.462 e. The summed E-state index contributed by atoms with van der Waals surface area (Å²) in [7, 11) is 0. The van der Waals surface area contributed by atoms with Gasteiger partial charge in [0.25, 0.3) is 0 Å². The molecule has 0 radical (unpaired) electrons. The summed E-state index contributed by atoms with van der Waals surface area (Å²) in [6.45, 7) is 6.23. The number of hydrogen-bond acceptors (Lipinski definition) is 6. The number of aliphatic hydroxyl groups is 1. The zero-order valence-corrected chi connectivity index (χ0v) is 26.0. The number of ketones is 1. The maximum absolute atomic E-state index is 12.0. The fourth-order valence-corrected chi connectivity index (χ4v) is 4.33. The lowest BCUT2D eigenvalue weighted by Gasteiger charge is -2.15. The summed E-state index contributed by atoms with van der Waals surface area (Å²) in [6.07, 6.45) is 26.4. The molecular formula is C34H60O6. The standard InChI is InChI=1S/C34H60O6/c1-4-6-18-24-31(36)25-20-15-10-8-7-9-11-16-21-26-33(37)39-29-32(28-35)40-34(38)27-22-17-13-12-14-19-23-30(3)5-2/h10,15,20,25,30,32,35H,4-9,11-14,16-19,21-24,26-29H2,1-3H3/b15-10-,25-20+/t30?,32-/m0/s1. The number of carbonyl (C=O) groups excluding carboxylic acids is 3. The zero-order chi connectivity index (χ0) is 29.7. The first-order chi connectivity index (χ1) is 19.4. The van der Waals surface area contributed by atoms with Gasteiger partial charge in [0.05, 0.1) is 6.61 Å². The predicted octanol–water partition coefficient (Wildman–Crippen LogP) is 8.59. The van der Waals surface area contributed by atoms with Gasteiger partial charge in [-0.2, -0.15) is 0 Å². The molecule has 0 heterocycles. The van der Waals surface area contributed by atoms with E-state index >= 15 is 0 Å². The van der Waals surface area contributed by atoms with Gasteiger partial charge in [0.1, 0.15) is 6.61 Å². The van der Waals surface area contributed by atoms with Crippen LogP contribution in [0.15, 0.2) is 24.3 Å². The molecule has 0 aliphatic heterocycles. The van der Waals surface area contributed by atoms with Crippen LogP contribution in [0.25, 0.3) is 0 Å². The molecule has 0 aromatic heterocycles. The third-order valence-corrected chi connectivity index (χ3v) is 7.26. The number of carbonyl (C=O) groups is 3. The van der Waals surface area contributed by atoms with E-state index in [1.54, 1.807) is 6.08 Å². The van der Waals surface area contributed by atoms with Crippen molar-refractivity contribution in [2.75, 3.05) is 13.2 Å². The molecule has 6 nitrogen and oxygen atoms in total. The van der Waals surface area contributed by atoms with Gasteiger partial charge in [-0.3, -0.25) is 14.4 Å². The Bertz CT molecular complexity index is 684. The minimum absolute atomic E-state index is 0.0949. The van der Waals surface area contributed by atoms with Gasteiger partial charge in [0.2, 0.25) is 0 Å². The van der Waals surface area contributed by atoms with Gasteiger partial charge in [-0.1, -0.05) is 116 Å². The number of hydrogen-bond donors (Lipinski definition) is 1. The molecule has 0 fully saturated rings. The first-order valence-corrected chi connectivity index (χ1v) is 16.2. The average Bonchev–Trinajstić information content (AvgIpc) is 2.95. The summed E-state index contributed by atoms with van der Waals surface area (Å²) < 4.78 is 10.5. The third kappa shape index (κ3) is 26.3. The Kier molecular flexibility index (Phi) is 27.2. The Hall–Kier alpha value is -1.95. The van der Waals surface area contributed by atoms with E-state index in [1.165, 1.54) is 32.1 Å². The molecule has 0 rings (SSSR count). The second-order valence-corrected chi connectivity index (χ2v) is 11.2. The van der Waals surface area contributed by atoms with E-state index in [-0.39, 0.29) is 30.9 Å². The highest BCUT2D eigenvalue weighted by Crippen LogP contribution is 2.15. The molecular weight excluding hydrogens is 504 g/mol. The molecule has 232 valence electrons. The van der Waals surface area contributed by atoms with Crippen molar-refractivity contribution >= 4 is 17.7 Å². The molecule has 1 N–H and O–H groups in total. The van der Waals surface area contributed by atoms with Gasteiger partial charge in [0, 0.05) is 19.3 Å². The van der Waals surface area contributed by atoms with Crippen molar-refractivity contribution in [2.45, 2.75) is 155 Å². The molecule has 0 saturated heterocycles. The topological polar surface area (TPSA) is 89.9 Å². The number of ether oxygens (including phenoxy) is 2. The summed E-state index contributed by atoms with van der Waals surface area (Å²) in [4.78, 5) is 35.7. The van der Waals surface area contributed by atoms with Gasteiger partial charge in [-0.15, -0.1) is 0 Å². The summed E-state index contributed by atoms with van der Waals surface area (Å²) in [5.41, 5.74) is 0. The van der Waals surface area contributed by atoms with Crippen LogP contribution >= 0.6 is 0 Å². The highest BCUT2D eigenvalue weighted by atomic mass is 16.6. The van der Waals surface area contributed by atoms with E-state index < -0.39 is 6.10 Å². The van der Waals surface area contributed by atoms with Crippen LogP contribution in [-0.4, -0.2) is 42.1 Å². The number of allylic oxidation sites excluding steroid dienone is 4. The van der Waals surface area contributed by atoms with Gasteiger partial charge >= 0.3 is 11.9 Å². The van der Waals surface area contributed by atoms with E-state index in [2.05, 4.69) is 26.8 Å². The Morgan fingerprint density at radius 2 is 1.32 bits per heavy atom. The normalized spacial score (nSPS) is 13.1. The van der Waals surface area contributed by atoms with E-state index in [0.29, 0.717) is 19.3 Å². The molecule has 0 aliphatic carbocycles. The van der Waals surface area contributed by atoms with E-state index in [1.807, 2.05) is 12.2 Å². The predicted molar refractivity (Wildman–Crippen MR) is 164 cm³/mol. The lowest BCUT2D eigenvalue weighted by atomic mass is 10.00. The lowest BCUT2D eigenvalue weighted by Crippen LogP contribution is -2.28. The fraction of sp³-hybridized carbons (Fsp3) is 0.794. The molecule has 0 aliphatic rings. The largest absolute Gasteiger partial charge is 0.462 e. The maximum atomic E-state index is 12.0. The average molecular weight is 565 g/mol. The van der Waals surface area contributed by atoms with Crippen molar-refractivity contribution in [3.8, 4) is 0 Å². The fourth-order valence-electron chi connectivity index (χ4n) is 4.33. The number of unbranched alkanes of at least 4 members (excludes halogenated alkanes) is 12. The van der Waals surface area contributed by atoms with Gasteiger partial charge in [-0.25, -0.2) is 0 Å². The molecule has 0 bridgehead atoms. The minimum atomic E-state index is -0.793. The molecule has 0 spiro atoms. The van der Waals surface area contributed by atoms with Crippen molar-refractivity contribution in [3.05, 3.63) is 24.3 Å². The first kappa shape index (κ1) is 38.0. The van der Waals surface area contributed by atoms with Crippen LogP contribution in [0.1, 0.15) is 149 Å². The highest BCUT2D eigenvalue weighted by molar-refractivity contribution is 5.89. The van der Waals surface area contributed by atoms with Crippen LogP contribution in [-0.2, 0) is 23.9 Å². The van der Waals surface area contributed by atoms with Crippen LogP contribution in [0.3, 0.4) is 0 Å². The monoisotopic (exact) mass is 564 g/mol. The Morgan fingerprint density at radius 1 is 0.725 bits per heavy atom. The van der Waals surface area contributed by atoms with Gasteiger partial charge < -0.3 is 14.6 Å². The van der Waals surface area contributed by atoms with E-state index in [9.17, 15) is 19.5 Å². The summed E-state index contributed by atoms with van der Waals surface area (Å²) in [5, 5.41) is 9.47. The van der Waals surface area contributed by atoms with Crippen LogP contribution in [0.5, 0.6) is 0 Å². The van der Waals surface area contributed by atoms with Crippen LogP contribution in [0.2, 0.25) is 0 Å². The Morgan fingerprint density at radius 3 is 1.98 bits per heavy atom. The molecule has 6 heteroatoms. The van der Waals surface area contributed by atoms with Crippen LogP contribution in [0.4, 0.5) is 0 Å². The van der Waals surface area contributed by atoms with E-state index in [0.717, 1.165) is 83.0 Å². The Balaban J connectivity index is 3.70. The molecule has 1 unspecified atom stereocenters. The lowest BCUT2D eigenvalue weighted by molar-refractivity contribution is -0.161. The second-order valence-electron chi connectivity index (χ2n) is 11.2. The first-order valence-electron chi connectivity index (χ1n) is 16.2. The van der Waals surface area contributed by atoms with Crippen molar-refractivity contribution in [3.63, 3.8) is 0 Å². The molecule has 0 aromatic carbocycles. The Labute approximate surface area is 245 Å². The smallest absolute Gasteiger partial charge is 0.306 e. The zero-order valence-electron chi connectivity index (χ0n) is 26.0. The summed E-state index contributed by atoms with van der Waals surface area (Å²) in [6, 6.07) is 0. The van der Waals surface area contributed by atoms with Crippen molar-refractivity contribution in [1.29, 1.82) is 0 Å². The summed E-state index contributed by atoms with van der Waals surface area (Å²) >= 11 is 0. The van der Waals surface area contributed by atoms with Gasteiger partial charge in [-0.05, 0) is 44.1 Å². The second kappa shape index (κ2) is 28.6. The highest BCUT2D eigenvalue weighted by Gasteiger charge is 2.16. The quantitative estimate of drug-likeness (QED) is 0.0443. The molecule has 0 amide bonds. The SMILES string of the molecule is CCCCCC(=O)/C=C/C=C\CCCCCCCC(=O)OC[C@H](CO)OC(=O)CCCCCCCCC(C)CC. The molecule has 0 saturated carbocycles.